The number of rotatable bonds is 7. The van der Waals surface area contributed by atoms with E-state index < -0.39 is 5.97 Å². The van der Waals surface area contributed by atoms with Crippen LogP contribution in [0.15, 0.2) is 54.6 Å². The maximum absolute atomic E-state index is 11.7. The van der Waals surface area contributed by atoms with Crippen LogP contribution < -0.4 is 10.1 Å². The van der Waals surface area contributed by atoms with E-state index in [2.05, 4.69) is 5.32 Å². The van der Waals surface area contributed by atoms with Gasteiger partial charge in [-0.05, 0) is 30.2 Å². The predicted octanol–water partition coefficient (Wildman–Crippen LogP) is 2.23. The third-order valence-electron chi connectivity index (χ3n) is 3.20. The zero-order valence-corrected chi connectivity index (χ0v) is 13.0. The molecular formula is C18H19NO4. The summed E-state index contributed by atoms with van der Waals surface area (Å²) < 4.78 is 10.1. The molecule has 0 aliphatic heterocycles. The molecule has 0 fully saturated rings. The van der Waals surface area contributed by atoms with Crippen LogP contribution in [0.3, 0.4) is 0 Å². The lowest BCUT2D eigenvalue weighted by Crippen LogP contribution is -2.29. The van der Waals surface area contributed by atoms with E-state index in [4.69, 9.17) is 9.47 Å². The number of hydrogen-bond acceptors (Lipinski definition) is 4. The lowest BCUT2D eigenvalue weighted by atomic mass is 10.1. The molecule has 2 aromatic carbocycles. The van der Waals surface area contributed by atoms with Crippen molar-refractivity contribution in [1.29, 1.82) is 0 Å². The van der Waals surface area contributed by atoms with E-state index in [1.165, 1.54) is 0 Å². The van der Waals surface area contributed by atoms with Gasteiger partial charge in [0, 0.05) is 6.54 Å². The summed E-state index contributed by atoms with van der Waals surface area (Å²) in [6.07, 6.45) is 0. The minimum absolute atomic E-state index is 0.227. The lowest BCUT2D eigenvalue weighted by Gasteiger charge is -2.09. The molecule has 0 saturated heterocycles. The van der Waals surface area contributed by atoms with E-state index in [1.54, 1.807) is 24.3 Å². The minimum Gasteiger partial charge on any atom is -0.482 e. The lowest BCUT2D eigenvalue weighted by molar-refractivity contribution is -0.150. The Balaban J connectivity index is 1.66. The van der Waals surface area contributed by atoms with Gasteiger partial charge in [-0.3, -0.25) is 4.79 Å². The van der Waals surface area contributed by atoms with Gasteiger partial charge in [-0.25, -0.2) is 4.79 Å². The summed E-state index contributed by atoms with van der Waals surface area (Å²) in [6, 6.07) is 16.7. The zero-order chi connectivity index (χ0) is 16.5. The zero-order valence-electron chi connectivity index (χ0n) is 13.0. The van der Waals surface area contributed by atoms with E-state index >= 15 is 0 Å². The Hall–Kier alpha value is -2.82. The van der Waals surface area contributed by atoms with Crippen molar-refractivity contribution in [2.45, 2.75) is 13.5 Å². The standard InChI is InChI=1S/C18H19NO4/c1-14-7-5-6-8-15(14)11-19-17(20)12-23-18(21)13-22-16-9-3-2-4-10-16/h2-10H,11-13H2,1H3,(H,19,20). The van der Waals surface area contributed by atoms with Gasteiger partial charge in [0.05, 0.1) is 0 Å². The molecule has 0 heterocycles. The molecular weight excluding hydrogens is 294 g/mol. The quantitative estimate of drug-likeness (QED) is 0.796. The molecule has 0 spiro atoms. The number of benzene rings is 2. The van der Waals surface area contributed by atoms with Crippen LogP contribution in [0.4, 0.5) is 0 Å². The number of aryl methyl sites for hydroxylation is 1. The monoisotopic (exact) mass is 313 g/mol. The molecule has 0 radical (unpaired) electrons. The van der Waals surface area contributed by atoms with Gasteiger partial charge in [-0.1, -0.05) is 42.5 Å². The van der Waals surface area contributed by atoms with E-state index in [1.807, 2.05) is 37.3 Å². The summed E-state index contributed by atoms with van der Waals surface area (Å²) in [6.45, 7) is 1.84. The Morgan fingerprint density at radius 2 is 1.65 bits per heavy atom. The minimum atomic E-state index is -0.583. The molecule has 0 aliphatic carbocycles. The van der Waals surface area contributed by atoms with E-state index in [0.29, 0.717) is 12.3 Å². The van der Waals surface area contributed by atoms with Crippen LogP contribution in [0.2, 0.25) is 0 Å². The molecule has 2 rings (SSSR count). The van der Waals surface area contributed by atoms with Gasteiger partial charge in [-0.2, -0.15) is 0 Å². The highest BCUT2D eigenvalue weighted by Gasteiger charge is 2.08. The fourth-order valence-corrected chi connectivity index (χ4v) is 1.90. The molecule has 5 nitrogen and oxygen atoms in total. The Morgan fingerprint density at radius 1 is 0.957 bits per heavy atom. The second kappa shape index (κ2) is 8.58. The highest BCUT2D eigenvalue weighted by molar-refractivity contribution is 5.80. The number of hydrogen-bond donors (Lipinski definition) is 1. The highest BCUT2D eigenvalue weighted by atomic mass is 16.6. The van der Waals surface area contributed by atoms with Crippen LogP contribution in [-0.4, -0.2) is 25.1 Å². The van der Waals surface area contributed by atoms with Crippen LogP contribution in [0, 0.1) is 6.92 Å². The number of nitrogens with one attached hydrogen (secondary N) is 1. The third kappa shape index (κ3) is 5.82. The molecule has 5 heteroatoms. The Labute approximate surface area is 135 Å². The largest absolute Gasteiger partial charge is 0.482 e. The Morgan fingerprint density at radius 3 is 2.39 bits per heavy atom. The summed E-state index contributed by atoms with van der Waals surface area (Å²) in [5, 5.41) is 2.71. The highest BCUT2D eigenvalue weighted by Crippen LogP contribution is 2.08. The van der Waals surface area contributed by atoms with Crippen LogP contribution in [0.1, 0.15) is 11.1 Å². The Kier molecular flexibility index (Phi) is 6.17. The SMILES string of the molecule is Cc1ccccc1CNC(=O)COC(=O)COc1ccccc1. The van der Waals surface area contributed by atoms with Crippen molar-refractivity contribution in [2.75, 3.05) is 13.2 Å². The topological polar surface area (TPSA) is 64.6 Å². The second-order valence-corrected chi connectivity index (χ2v) is 4.97. The second-order valence-electron chi connectivity index (χ2n) is 4.97. The first kappa shape index (κ1) is 16.5. The summed E-state index contributed by atoms with van der Waals surface area (Å²) in [5.41, 5.74) is 2.13. The van der Waals surface area contributed by atoms with Crippen molar-refractivity contribution in [3.8, 4) is 5.75 Å². The average molecular weight is 313 g/mol. The number of carbonyl (C=O) groups excluding carboxylic acids is 2. The van der Waals surface area contributed by atoms with Crippen molar-refractivity contribution in [2.24, 2.45) is 0 Å². The van der Waals surface area contributed by atoms with Crippen LogP contribution in [0.25, 0.3) is 0 Å². The first-order valence-electron chi connectivity index (χ1n) is 7.30. The molecule has 0 saturated carbocycles. The number of carbonyl (C=O) groups is 2. The van der Waals surface area contributed by atoms with Gasteiger partial charge in [0.1, 0.15) is 5.75 Å². The van der Waals surface area contributed by atoms with Crippen LogP contribution in [-0.2, 0) is 20.9 Å². The first-order valence-corrected chi connectivity index (χ1v) is 7.30. The maximum Gasteiger partial charge on any atom is 0.344 e. The van der Waals surface area contributed by atoms with Crippen LogP contribution in [0.5, 0.6) is 5.75 Å². The van der Waals surface area contributed by atoms with Gasteiger partial charge >= 0.3 is 5.97 Å². The maximum atomic E-state index is 11.7. The normalized spacial score (nSPS) is 9.96. The summed E-state index contributed by atoms with van der Waals surface area (Å²) in [7, 11) is 0. The molecule has 0 aromatic heterocycles. The summed E-state index contributed by atoms with van der Waals surface area (Å²) >= 11 is 0. The van der Waals surface area contributed by atoms with Crippen molar-refractivity contribution >= 4 is 11.9 Å². The van der Waals surface area contributed by atoms with Gasteiger partial charge in [0.15, 0.2) is 13.2 Å². The van der Waals surface area contributed by atoms with Gasteiger partial charge < -0.3 is 14.8 Å². The predicted molar refractivity (Wildman–Crippen MR) is 85.9 cm³/mol. The van der Waals surface area contributed by atoms with Gasteiger partial charge in [0.2, 0.25) is 0 Å². The van der Waals surface area contributed by atoms with E-state index in [-0.39, 0.29) is 19.1 Å². The molecule has 2 aromatic rings. The van der Waals surface area contributed by atoms with Crippen molar-refractivity contribution in [3.05, 3.63) is 65.7 Å². The van der Waals surface area contributed by atoms with E-state index in [0.717, 1.165) is 11.1 Å². The number of ether oxygens (including phenoxy) is 2. The third-order valence-corrected chi connectivity index (χ3v) is 3.20. The Bertz CT molecular complexity index is 655. The molecule has 23 heavy (non-hydrogen) atoms. The van der Waals surface area contributed by atoms with Crippen LogP contribution >= 0.6 is 0 Å². The molecule has 1 amide bonds. The number of esters is 1. The molecule has 120 valence electrons. The fraction of sp³-hybridized carbons (Fsp3) is 0.222. The number of para-hydroxylation sites is 1. The van der Waals surface area contributed by atoms with Crippen molar-refractivity contribution < 1.29 is 19.1 Å². The van der Waals surface area contributed by atoms with Crippen molar-refractivity contribution in [1.82, 2.24) is 5.32 Å². The summed E-state index contributed by atoms with van der Waals surface area (Å²) in [5.74, 6) is -0.352. The fourth-order valence-electron chi connectivity index (χ4n) is 1.90. The number of amides is 1. The van der Waals surface area contributed by atoms with Crippen molar-refractivity contribution in [3.63, 3.8) is 0 Å². The first-order chi connectivity index (χ1) is 11.1. The van der Waals surface area contributed by atoms with Gasteiger partial charge in [-0.15, -0.1) is 0 Å². The smallest absolute Gasteiger partial charge is 0.344 e. The average Bonchev–Trinajstić information content (AvgIpc) is 2.58. The molecule has 1 N–H and O–H groups in total. The molecule has 0 unspecified atom stereocenters. The molecule has 0 atom stereocenters. The van der Waals surface area contributed by atoms with E-state index in [9.17, 15) is 9.59 Å². The van der Waals surface area contributed by atoms with Gasteiger partial charge in [0.25, 0.3) is 5.91 Å². The molecule has 0 bridgehead atoms. The summed E-state index contributed by atoms with van der Waals surface area (Å²) in [4.78, 5) is 23.2. The molecule has 0 aliphatic rings.